The van der Waals surface area contributed by atoms with Gasteiger partial charge in [0.05, 0.1) is 0 Å². The summed E-state index contributed by atoms with van der Waals surface area (Å²) in [6.45, 7) is 0. The molecule has 4 rings (SSSR count). The van der Waals surface area contributed by atoms with E-state index in [0.29, 0.717) is 16.9 Å². The van der Waals surface area contributed by atoms with E-state index in [1.165, 1.54) is 6.08 Å². The van der Waals surface area contributed by atoms with Crippen LogP contribution in [0.15, 0.2) is 101 Å². The van der Waals surface area contributed by atoms with E-state index in [1.807, 2.05) is 91.0 Å². The highest BCUT2D eigenvalue weighted by Crippen LogP contribution is 2.41. The van der Waals surface area contributed by atoms with Crippen LogP contribution in [0, 0.1) is 11.3 Å². The summed E-state index contributed by atoms with van der Waals surface area (Å²) in [6.07, 6.45) is 3.13. The molecule has 1 heterocycles. The van der Waals surface area contributed by atoms with Crippen molar-refractivity contribution in [2.45, 2.75) is 0 Å². The van der Waals surface area contributed by atoms with Gasteiger partial charge < -0.3 is 4.42 Å². The zero-order valence-electron chi connectivity index (χ0n) is 16.1. The Morgan fingerprint density at radius 3 is 2.00 bits per heavy atom. The normalized spacial score (nSPS) is 10.6. The largest absolute Gasteiger partial charge is 0.438 e. The number of hydrogen-bond donors (Lipinski definition) is 1. The van der Waals surface area contributed by atoms with Crippen LogP contribution in [0.4, 0.5) is 5.88 Å². The third-order valence-electron chi connectivity index (χ3n) is 4.58. The molecule has 0 saturated carbocycles. The average Bonchev–Trinajstić information content (AvgIpc) is 3.17. The summed E-state index contributed by atoms with van der Waals surface area (Å²) in [4.78, 5) is 12.5. The monoisotopic (exact) mass is 390 g/mol. The number of nitrogens with one attached hydrogen (secondary N) is 1. The Morgan fingerprint density at radius 1 is 0.833 bits per heavy atom. The highest BCUT2D eigenvalue weighted by atomic mass is 16.4. The molecule has 0 aliphatic carbocycles. The Balaban J connectivity index is 1.74. The molecule has 1 N–H and O–H groups in total. The first-order chi connectivity index (χ1) is 14.8. The van der Waals surface area contributed by atoms with Gasteiger partial charge in [0.25, 0.3) is 5.91 Å². The average molecular weight is 390 g/mol. The van der Waals surface area contributed by atoms with Crippen molar-refractivity contribution in [3.05, 3.63) is 108 Å². The number of hydrogen-bond acceptors (Lipinski definition) is 3. The molecule has 1 aromatic heterocycles. The van der Waals surface area contributed by atoms with Crippen molar-refractivity contribution >= 4 is 17.9 Å². The van der Waals surface area contributed by atoms with Crippen LogP contribution in [0.5, 0.6) is 0 Å². The van der Waals surface area contributed by atoms with Crippen molar-refractivity contribution < 1.29 is 9.21 Å². The van der Waals surface area contributed by atoms with Gasteiger partial charge in [-0.2, -0.15) is 5.26 Å². The Hall–Kier alpha value is -4.36. The maximum Gasteiger partial charge on any atom is 0.250 e. The molecule has 3 aromatic carbocycles. The predicted octanol–water partition coefficient (Wildman–Crippen LogP) is 6.14. The van der Waals surface area contributed by atoms with E-state index in [4.69, 9.17) is 4.42 Å². The number of carbonyl (C=O) groups excluding carboxylic acids is 1. The van der Waals surface area contributed by atoms with Crippen molar-refractivity contribution in [1.29, 1.82) is 5.26 Å². The second-order valence-electron chi connectivity index (χ2n) is 6.59. The molecule has 144 valence electrons. The Kier molecular flexibility index (Phi) is 5.54. The first-order valence-electron chi connectivity index (χ1n) is 9.48. The lowest BCUT2D eigenvalue weighted by molar-refractivity contribution is -0.111. The fraction of sp³-hybridized carbons (Fsp3) is 0. The summed E-state index contributed by atoms with van der Waals surface area (Å²) in [7, 11) is 0. The zero-order valence-corrected chi connectivity index (χ0v) is 16.1. The zero-order chi connectivity index (χ0) is 20.8. The van der Waals surface area contributed by atoms with Crippen LogP contribution in [0.25, 0.3) is 28.5 Å². The van der Waals surface area contributed by atoms with Gasteiger partial charge in [-0.05, 0) is 17.2 Å². The molecule has 0 spiro atoms. The van der Waals surface area contributed by atoms with Gasteiger partial charge in [-0.1, -0.05) is 91.0 Å². The third-order valence-corrected chi connectivity index (χ3v) is 4.58. The number of amides is 1. The summed E-state index contributed by atoms with van der Waals surface area (Å²) in [6, 6.07) is 30.8. The van der Waals surface area contributed by atoms with Crippen LogP contribution >= 0.6 is 0 Å². The molecule has 0 unspecified atom stereocenters. The van der Waals surface area contributed by atoms with Crippen LogP contribution < -0.4 is 5.32 Å². The topological polar surface area (TPSA) is 66.0 Å². The predicted molar refractivity (Wildman–Crippen MR) is 118 cm³/mol. The highest BCUT2D eigenvalue weighted by Gasteiger charge is 2.23. The molecule has 30 heavy (non-hydrogen) atoms. The Bertz CT molecular complexity index is 1220. The molecule has 4 nitrogen and oxygen atoms in total. The minimum Gasteiger partial charge on any atom is -0.438 e. The third kappa shape index (κ3) is 4.06. The molecule has 0 aliphatic heterocycles. The number of carbonyl (C=O) groups is 1. The molecule has 4 aromatic rings. The molecule has 0 saturated heterocycles. The maximum absolute atomic E-state index is 12.5. The van der Waals surface area contributed by atoms with Gasteiger partial charge in [0.15, 0.2) is 0 Å². The minimum atomic E-state index is -0.372. The molecule has 0 atom stereocenters. The van der Waals surface area contributed by atoms with Crippen molar-refractivity contribution in [3.8, 4) is 28.5 Å². The van der Waals surface area contributed by atoms with Crippen LogP contribution in [0.2, 0.25) is 0 Å². The van der Waals surface area contributed by atoms with Crippen molar-refractivity contribution in [3.63, 3.8) is 0 Å². The van der Waals surface area contributed by atoms with E-state index in [2.05, 4.69) is 11.4 Å². The number of benzene rings is 3. The highest BCUT2D eigenvalue weighted by molar-refractivity contribution is 6.03. The SMILES string of the molecule is N#Cc1c(NC(=O)C=Cc2ccccc2)oc(-c2ccccc2)c1-c1ccccc1. The van der Waals surface area contributed by atoms with Crippen LogP contribution in [0.1, 0.15) is 11.1 Å². The van der Waals surface area contributed by atoms with Gasteiger partial charge in [0, 0.05) is 17.2 Å². The summed E-state index contributed by atoms with van der Waals surface area (Å²) in [5.41, 5.74) is 3.53. The summed E-state index contributed by atoms with van der Waals surface area (Å²) < 4.78 is 6.01. The second-order valence-corrected chi connectivity index (χ2v) is 6.59. The maximum atomic E-state index is 12.5. The lowest BCUT2D eigenvalue weighted by Crippen LogP contribution is -2.08. The van der Waals surface area contributed by atoms with Crippen LogP contribution in [0.3, 0.4) is 0 Å². The smallest absolute Gasteiger partial charge is 0.250 e. The number of furan rings is 1. The van der Waals surface area contributed by atoms with Crippen LogP contribution in [-0.2, 0) is 4.79 Å². The molecule has 4 heteroatoms. The lowest BCUT2D eigenvalue weighted by atomic mass is 9.98. The number of rotatable bonds is 5. The molecule has 0 bridgehead atoms. The Morgan fingerprint density at radius 2 is 1.40 bits per heavy atom. The molecular formula is C26H18N2O2. The quantitative estimate of drug-likeness (QED) is 0.416. The molecule has 0 fully saturated rings. The standard InChI is InChI=1S/C26H18N2O2/c27-18-22-24(20-12-6-2-7-13-20)25(21-14-8-3-9-15-21)30-26(22)28-23(29)17-16-19-10-4-1-5-11-19/h1-17H,(H,28,29). The lowest BCUT2D eigenvalue weighted by Gasteiger charge is -2.03. The van der Waals surface area contributed by atoms with E-state index in [1.54, 1.807) is 6.08 Å². The number of nitrogens with zero attached hydrogens (tertiary/aromatic N) is 1. The van der Waals surface area contributed by atoms with Gasteiger partial charge in [0.2, 0.25) is 5.88 Å². The van der Waals surface area contributed by atoms with Crippen LogP contribution in [-0.4, -0.2) is 5.91 Å². The molecular weight excluding hydrogens is 372 g/mol. The summed E-state index contributed by atoms with van der Waals surface area (Å²) in [5, 5.41) is 12.6. The van der Waals surface area contributed by atoms with E-state index >= 15 is 0 Å². The fourth-order valence-electron chi connectivity index (χ4n) is 3.19. The first kappa shape index (κ1) is 19.0. The summed E-state index contributed by atoms with van der Waals surface area (Å²) in [5.74, 6) is 0.307. The Labute approximate surface area is 174 Å². The fourth-order valence-corrected chi connectivity index (χ4v) is 3.19. The number of anilines is 1. The van der Waals surface area contributed by atoms with Gasteiger partial charge in [-0.3, -0.25) is 10.1 Å². The van der Waals surface area contributed by atoms with Crippen molar-refractivity contribution in [1.82, 2.24) is 0 Å². The van der Waals surface area contributed by atoms with E-state index in [0.717, 1.165) is 16.7 Å². The van der Waals surface area contributed by atoms with E-state index < -0.39 is 0 Å². The minimum absolute atomic E-state index is 0.137. The number of nitriles is 1. The van der Waals surface area contributed by atoms with Crippen molar-refractivity contribution in [2.24, 2.45) is 0 Å². The molecule has 0 radical (unpaired) electrons. The van der Waals surface area contributed by atoms with Gasteiger partial charge in [-0.25, -0.2) is 0 Å². The van der Waals surface area contributed by atoms with Gasteiger partial charge in [0.1, 0.15) is 17.4 Å². The second kappa shape index (κ2) is 8.76. The van der Waals surface area contributed by atoms with E-state index in [9.17, 15) is 10.1 Å². The summed E-state index contributed by atoms with van der Waals surface area (Å²) >= 11 is 0. The van der Waals surface area contributed by atoms with E-state index in [-0.39, 0.29) is 11.8 Å². The molecule has 1 amide bonds. The molecule has 0 aliphatic rings. The van der Waals surface area contributed by atoms with Gasteiger partial charge in [-0.15, -0.1) is 0 Å². The first-order valence-corrected chi connectivity index (χ1v) is 9.48. The van der Waals surface area contributed by atoms with Gasteiger partial charge >= 0.3 is 0 Å². The van der Waals surface area contributed by atoms with Crippen molar-refractivity contribution in [2.75, 3.05) is 5.32 Å².